The van der Waals surface area contributed by atoms with Crippen LogP contribution in [0.5, 0.6) is 0 Å². The third-order valence-electron chi connectivity index (χ3n) is 2.98. The molecule has 0 bridgehead atoms. The van der Waals surface area contributed by atoms with Crippen molar-refractivity contribution in [1.29, 1.82) is 0 Å². The highest BCUT2D eigenvalue weighted by Crippen LogP contribution is 2.21. The Morgan fingerprint density at radius 3 is 2.50 bits per heavy atom. The van der Waals surface area contributed by atoms with E-state index in [1.807, 2.05) is 6.11 Å². The van der Waals surface area contributed by atoms with Crippen molar-refractivity contribution in [3.8, 4) is 0 Å². The van der Waals surface area contributed by atoms with E-state index in [4.69, 9.17) is 0 Å². The van der Waals surface area contributed by atoms with Crippen LogP contribution in [0, 0.1) is 0 Å². The Hall–Kier alpha value is -1.31. The van der Waals surface area contributed by atoms with Gasteiger partial charge in [0.15, 0.2) is 0 Å². The number of benzene rings is 1. The molecule has 0 unspecified atom stereocenters. The molecule has 1 heterocycles. The SMILES string of the molecule is CCCCc1ccc(C2=C(C)N=C[B]2)cc1. The summed E-state index contributed by atoms with van der Waals surface area (Å²) in [6.07, 6.45) is 5.59. The summed E-state index contributed by atoms with van der Waals surface area (Å²) in [6.45, 7) is 4.29. The number of nitrogens with zero attached hydrogens (tertiary/aromatic N) is 1. The molecule has 1 aromatic rings. The molecule has 81 valence electrons. The minimum absolute atomic E-state index is 1.11. The fraction of sp³-hybridized carbons (Fsp3) is 0.357. The van der Waals surface area contributed by atoms with Crippen LogP contribution in [0.2, 0.25) is 0 Å². The van der Waals surface area contributed by atoms with Crippen LogP contribution in [0.1, 0.15) is 37.8 Å². The molecule has 16 heavy (non-hydrogen) atoms. The molecule has 0 amide bonds. The molecule has 0 spiro atoms. The zero-order chi connectivity index (χ0) is 11.4. The van der Waals surface area contributed by atoms with Crippen LogP contribution in [-0.2, 0) is 6.42 Å². The van der Waals surface area contributed by atoms with Crippen LogP contribution < -0.4 is 0 Å². The summed E-state index contributed by atoms with van der Waals surface area (Å²) in [5.74, 6) is 0. The van der Waals surface area contributed by atoms with E-state index in [-0.39, 0.29) is 0 Å². The third-order valence-corrected chi connectivity index (χ3v) is 2.98. The zero-order valence-corrected chi connectivity index (χ0v) is 10.0. The Kier molecular flexibility index (Phi) is 3.60. The lowest BCUT2D eigenvalue weighted by molar-refractivity contribution is 0.795. The van der Waals surface area contributed by atoms with Crippen molar-refractivity contribution < 1.29 is 0 Å². The minimum atomic E-state index is 1.11. The summed E-state index contributed by atoms with van der Waals surface area (Å²) in [5.41, 5.74) is 5.07. The molecular formula is C14H17BN. The van der Waals surface area contributed by atoms with Crippen LogP contribution >= 0.6 is 0 Å². The van der Waals surface area contributed by atoms with E-state index in [1.54, 1.807) is 0 Å². The van der Waals surface area contributed by atoms with E-state index in [0.29, 0.717) is 0 Å². The Bertz CT molecular complexity index is 415. The first-order chi connectivity index (χ1) is 7.81. The van der Waals surface area contributed by atoms with E-state index < -0.39 is 0 Å². The van der Waals surface area contributed by atoms with Gasteiger partial charge in [0.1, 0.15) is 0 Å². The zero-order valence-electron chi connectivity index (χ0n) is 10.0. The van der Waals surface area contributed by atoms with Gasteiger partial charge in [-0.25, -0.2) is 0 Å². The second-order valence-corrected chi connectivity index (χ2v) is 4.24. The van der Waals surface area contributed by atoms with E-state index >= 15 is 0 Å². The lowest BCUT2D eigenvalue weighted by Gasteiger charge is -2.05. The number of allylic oxidation sites excluding steroid dienone is 1. The quantitative estimate of drug-likeness (QED) is 0.674. The van der Waals surface area contributed by atoms with E-state index in [9.17, 15) is 0 Å². The van der Waals surface area contributed by atoms with Gasteiger partial charge in [-0.15, -0.1) is 0 Å². The van der Waals surface area contributed by atoms with Gasteiger partial charge in [0.25, 0.3) is 0 Å². The maximum Gasteiger partial charge on any atom is 0.209 e. The molecule has 2 rings (SSSR count). The molecule has 1 nitrogen and oxygen atoms in total. The summed E-state index contributed by atoms with van der Waals surface area (Å²) < 4.78 is 0. The predicted molar refractivity (Wildman–Crippen MR) is 71.9 cm³/mol. The molecule has 0 N–H and O–H groups in total. The Morgan fingerprint density at radius 1 is 1.19 bits per heavy atom. The normalized spacial score (nSPS) is 14.4. The summed E-state index contributed by atoms with van der Waals surface area (Å²) in [6, 6.07) is 8.87. The van der Waals surface area contributed by atoms with Gasteiger partial charge < -0.3 is 0 Å². The Balaban J connectivity index is 2.11. The van der Waals surface area contributed by atoms with Crippen molar-refractivity contribution in [2.75, 3.05) is 0 Å². The van der Waals surface area contributed by atoms with Gasteiger partial charge >= 0.3 is 0 Å². The van der Waals surface area contributed by atoms with Gasteiger partial charge in [-0.3, -0.25) is 4.99 Å². The Labute approximate surface area is 98.5 Å². The monoisotopic (exact) mass is 210 g/mol. The molecule has 2 heteroatoms. The van der Waals surface area contributed by atoms with Crippen LogP contribution in [-0.4, -0.2) is 13.4 Å². The molecule has 0 saturated carbocycles. The van der Waals surface area contributed by atoms with Gasteiger partial charge in [-0.05, 0) is 37.0 Å². The number of aliphatic imine (C=N–C) groups is 1. The van der Waals surface area contributed by atoms with Gasteiger partial charge in [-0.1, -0.05) is 43.1 Å². The van der Waals surface area contributed by atoms with Crippen LogP contribution in [0.15, 0.2) is 35.0 Å². The van der Waals surface area contributed by atoms with Crippen molar-refractivity contribution in [2.24, 2.45) is 4.99 Å². The third kappa shape index (κ3) is 2.44. The first-order valence-corrected chi connectivity index (χ1v) is 5.99. The number of hydrogen-bond donors (Lipinski definition) is 0. The lowest BCUT2D eigenvalue weighted by atomic mass is 9.69. The van der Waals surface area contributed by atoms with Crippen molar-refractivity contribution in [3.05, 3.63) is 41.1 Å². The average Bonchev–Trinajstić information content (AvgIpc) is 2.74. The molecule has 1 aromatic carbocycles. The van der Waals surface area contributed by atoms with Crippen LogP contribution in [0.4, 0.5) is 0 Å². The molecule has 1 aliphatic rings. The molecule has 0 saturated heterocycles. The van der Waals surface area contributed by atoms with Crippen molar-refractivity contribution >= 4 is 18.9 Å². The highest BCUT2D eigenvalue weighted by Gasteiger charge is 2.09. The first kappa shape index (κ1) is 11.2. The Morgan fingerprint density at radius 2 is 1.94 bits per heavy atom. The number of unbranched alkanes of at least 4 members (excludes halogenated alkanes) is 1. The standard InChI is InChI=1S/C14H17BN/c1-3-4-5-12-6-8-13(9-7-12)14-11(2)16-10-15-14/h6-10H,3-5H2,1-2H3. The fourth-order valence-electron chi connectivity index (χ4n) is 1.95. The molecule has 1 aliphatic heterocycles. The van der Waals surface area contributed by atoms with Gasteiger partial charge in [0.2, 0.25) is 7.28 Å². The summed E-state index contributed by atoms with van der Waals surface area (Å²) in [7, 11) is 2.08. The summed E-state index contributed by atoms with van der Waals surface area (Å²) >= 11 is 0. The van der Waals surface area contributed by atoms with Crippen molar-refractivity contribution in [2.45, 2.75) is 33.1 Å². The first-order valence-electron chi connectivity index (χ1n) is 5.99. The number of aryl methyl sites for hydroxylation is 1. The highest BCUT2D eigenvalue weighted by molar-refractivity contribution is 6.85. The maximum absolute atomic E-state index is 4.27. The molecule has 0 fully saturated rings. The molecular weight excluding hydrogens is 193 g/mol. The van der Waals surface area contributed by atoms with Gasteiger partial charge in [0.05, 0.1) is 0 Å². The molecule has 0 aliphatic carbocycles. The number of rotatable bonds is 4. The smallest absolute Gasteiger partial charge is 0.209 e. The maximum atomic E-state index is 4.27. The summed E-state index contributed by atoms with van der Waals surface area (Å²) in [4.78, 5) is 4.27. The molecule has 0 atom stereocenters. The predicted octanol–water partition coefficient (Wildman–Crippen LogP) is 3.46. The van der Waals surface area contributed by atoms with Crippen molar-refractivity contribution in [1.82, 2.24) is 0 Å². The van der Waals surface area contributed by atoms with E-state index in [2.05, 4.69) is 50.4 Å². The number of hydrogen-bond acceptors (Lipinski definition) is 1. The largest absolute Gasteiger partial charge is 0.277 e. The second-order valence-electron chi connectivity index (χ2n) is 4.24. The topological polar surface area (TPSA) is 12.4 Å². The van der Waals surface area contributed by atoms with Crippen LogP contribution in [0.25, 0.3) is 5.47 Å². The minimum Gasteiger partial charge on any atom is -0.277 e. The van der Waals surface area contributed by atoms with Gasteiger partial charge in [0, 0.05) is 5.70 Å². The fourth-order valence-corrected chi connectivity index (χ4v) is 1.95. The molecule has 1 radical (unpaired) electrons. The van der Waals surface area contributed by atoms with Gasteiger partial charge in [-0.2, -0.15) is 0 Å². The van der Waals surface area contributed by atoms with E-state index in [0.717, 1.165) is 5.70 Å². The summed E-state index contributed by atoms with van der Waals surface area (Å²) in [5, 5.41) is 0. The van der Waals surface area contributed by atoms with E-state index in [1.165, 1.54) is 35.9 Å². The van der Waals surface area contributed by atoms with Crippen LogP contribution in [0.3, 0.4) is 0 Å². The average molecular weight is 210 g/mol. The second kappa shape index (κ2) is 5.15. The molecule has 0 aromatic heterocycles. The highest BCUT2D eigenvalue weighted by atomic mass is 14.7. The lowest BCUT2D eigenvalue weighted by Crippen LogP contribution is -1.94. The van der Waals surface area contributed by atoms with Crippen molar-refractivity contribution in [3.63, 3.8) is 0 Å².